The third-order valence-electron chi connectivity index (χ3n) is 3.50. The highest BCUT2D eigenvalue weighted by atomic mass is 15.2. The van der Waals surface area contributed by atoms with Crippen molar-refractivity contribution in [3.05, 3.63) is 54.5 Å². The van der Waals surface area contributed by atoms with Crippen LogP contribution in [0.4, 0.5) is 0 Å². The molecule has 0 aliphatic rings. The smallest absolute Gasteiger partial charge is 0.136 e. The van der Waals surface area contributed by atoms with Crippen LogP contribution in [0.1, 0.15) is 18.3 Å². The van der Waals surface area contributed by atoms with Gasteiger partial charge in [0.2, 0.25) is 0 Å². The molecule has 0 aliphatic carbocycles. The van der Waals surface area contributed by atoms with Crippen molar-refractivity contribution in [2.45, 2.75) is 26.6 Å². The Bertz CT molecular complexity index is 697. The molecule has 0 fully saturated rings. The molecule has 0 amide bonds. The quantitative estimate of drug-likeness (QED) is 0.712. The number of aryl methyl sites for hydroxylation is 1. The maximum absolute atomic E-state index is 4.42. The molecule has 5 heteroatoms. The third kappa shape index (κ3) is 2.44. The number of fused-ring (bicyclic) bond motifs is 1. The third-order valence-corrected chi connectivity index (χ3v) is 3.50. The molecule has 0 bridgehead atoms. The molecule has 3 rings (SSSR count). The van der Waals surface area contributed by atoms with Crippen LogP contribution in [0, 0.1) is 0 Å². The summed E-state index contributed by atoms with van der Waals surface area (Å²) >= 11 is 0. The molecule has 0 N–H and O–H groups in total. The van der Waals surface area contributed by atoms with E-state index in [9.17, 15) is 0 Å². The number of aromatic nitrogens is 4. The number of rotatable bonds is 5. The lowest BCUT2D eigenvalue weighted by Crippen LogP contribution is -2.20. The fourth-order valence-electron chi connectivity index (χ4n) is 2.48. The molecule has 0 saturated carbocycles. The minimum atomic E-state index is 0.861. The molecule has 3 aromatic heterocycles. The van der Waals surface area contributed by atoms with Gasteiger partial charge in [-0.2, -0.15) is 0 Å². The molecule has 3 heterocycles. The van der Waals surface area contributed by atoms with E-state index in [2.05, 4.69) is 44.0 Å². The van der Waals surface area contributed by atoms with Gasteiger partial charge < -0.3 is 8.97 Å². The molecule has 20 heavy (non-hydrogen) atoms. The largest absolute Gasteiger partial charge is 0.334 e. The van der Waals surface area contributed by atoms with E-state index in [0.717, 1.165) is 25.3 Å². The topological polar surface area (TPSA) is 38.4 Å². The molecule has 0 radical (unpaired) electrons. The number of hydrogen-bond donors (Lipinski definition) is 0. The average Bonchev–Trinajstić information content (AvgIpc) is 3.06. The Morgan fingerprint density at radius 2 is 2.00 bits per heavy atom. The summed E-state index contributed by atoms with van der Waals surface area (Å²) in [5, 5.41) is 0. The lowest BCUT2D eigenvalue weighted by Gasteiger charge is -2.17. The molecular weight excluding hydrogens is 250 g/mol. The van der Waals surface area contributed by atoms with Crippen LogP contribution in [0.2, 0.25) is 0 Å². The first-order chi connectivity index (χ1) is 9.78. The summed E-state index contributed by atoms with van der Waals surface area (Å²) in [4.78, 5) is 10.9. The molecule has 5 nitrogen and oxygen atoms in total. The first kappa shape index (κ1) is 12.9. The molecule has 0 unspecified atom stereocenters. The normalized spacial score (nSPS) is 11.6. The predicted molar refractivity (Wildman–Crippen MR) is 78.3 cm³/mol. The van der Waals surface area contributed by atoms with Crippen molar-refractivity contribution in [1.29, 1.82) is 0 Å². The zero-order valence-corrected chi connectivity index (χ0v) is 11.9. The minimum absolute atomic E-state index is 0.861. The van der Waals surface area contributed by atoms with E-state index in [0.29, 0.717) is 0 Å². The van der Waals surface area contributed by atoms with Crippen LogP contribution < -0.4 is 0 Å². The van der Waals surface area contributed by atoms with E-state index in [1.54, 1.807) is 0 Å². The van der Waals surface area contributed by atoms with Gasteiger partial charge in [0.15, 0.2) is 0 Å². The second-order valence-electron chi connectivity index (χ2n) is 5.02. The molecule has 3 aromatic rings. The number of hydrogen-bond acceptors (Lipinski definition) is 3. The van der Waals surface area contributed by atoms with Gasteiger partial charge in [0, 0.05) is 32.0 Å². The van der Waals surface area contributed by atoms with Crippen LogP contribution in [-0.4, -0.2) is 30.9 Å². The molecule has 0 aromatic carbocycles. The Balaban J connectivity index is 1.74. The minimum Gasteiger partial charge on any atom is -0.334 e. The van der Waals surface area contributed by atoms with Gasteiger partial charge in [0.25, 0.3) is 0 Å². The number of imidazole rings is 2. The van der Waals surface area contributed by atoms with Crippen LogP contribution in [0.25, 0.3) is 5.65 Å². The van der Waals surface area contributed by atoms with Crippen LogP contribution in [-0.2, 0) is 19.6 Å². The van der Waals surface area contributed by atoms with Gasteiger partial charge in [0.1, 0.15) is 5.65 Å². The highest BCUT2D eigenvalue weighted by Gasteiger charge is 2.08. The van der Waals surface area contributed by atoms with Gasteiger partial charge in [-0.05, 0) is 26.1 Å². The number of nitrogens with zero attached hydrogens (tertiary/aromatic N) is 5. The molecule has 0 aliphatic heterocycles. The first-order valence-corrected chi connectivity index (χ1v) is 6.86. The fraction of sp³-hybridized carbons (Fsp3) is 0.333. The van der Waals surface area contributed by atoms with Gasteiger partial charge in [-0.3, -0.25) is 4.90 Å². The summed E-state index contributed by atoms with van der Waals surface area (Å²) in [5.74, 6) is 0. The monoisotopic (exact) mass is 269 g/mol. The Hall–Kier alpha value is -2.14. The average molecular weight is 269 g/mol. The molecule has 104 valence electrons. The van der Waals surface area contributed by atoms with Gasteiger partial charge >= 0.3 is 0 Å². The van der Waals surface area contributed by atoms with Crippen molar-refractivity contribution >= 4 is 5.65 Å². The highest BCUT2D eigenvalue weighted by molar-refractivity contribution is 5.39. The van der Waals surface area contributed by atoms with E-state index in [4.69, 9.17) is 0 Å². The summed E-state index contributed by atoms with van der Waals surface area (Å²) in [7, 11) is 2.12. The highest BCUT2D eigenvalue weighted by Crippen LogP contribution is 2.10. The van der Waals surface area contributed by atoms with Crippen molar-refractivity contribution in [1.82, 2.24) is 23.8 Å². The standard InChI is InChI=1S/C15H19N5/c1-3-19-12-16-8-13(19)10-18(2)11-14-9-17-15-6-4-5-7-20(14)15/h4-9,12H,3,10-11H2,1-2H3. The maximum atomic E-state index is 4.42. The van der Waals surface area contributed by atoms with Crippen LogP contribution in [0.5, 0.6) is 0 Å². The van der Waals surface area contributed by atoms with Gasteiger partial charge in [-0.25, -0.2) is 9.97 Å². The van der Waals surface area contributed by atoms with Crippen molar-refractivity contribution in [3.63, 3.8) is 0 Å². The van der Waals surface area contributed by atoms with Crippen molar-refractivity contribution in [2.75, 3.05) is 7.05 Å². The van der Waals surface area contributed by atoms with Gasteiger partial charge in [-0.1, -0.05) is 6.07 Å². The number of pyridine rings is 1. The van der Waals surface area contributed by atoms with Gasteiger partial charge in [-0.15, -0.1) is 0 Å². The Morgan fingerprint density at radius 1 is 1.15 bits per heavy atom. The summed E-state index contributed by atoms with van der Waals surface area (Å²) < 4.78 is 4.30. The van der Waals surface area contributed by atoms with Crippen LogP contribution in [0.15, 0.2) is 43.1 Å². The second kappa shape index (κ2) is 5.46. The zero-order valence-electron chi connectivity index (χ0n) is 11.9. The molecule has 0 saturated heterocycles. The van der Waals surface area contributed by atoms with E-state index in [1.807, 2.05) is 36.9 Å². The summed E-state index contributed by atoms with van der Waals surface area (Å²) in [6.45, 7) is 4.84. The van der Waals surface area contributed by atoms with Gasteiger partial charge in [0.05, 0.1) is 23.9 Å². The first-order valence-electron chi connectivity index (χ1n) is 6.86. The maximum Gasteiger partial charge on any atom is 0.136 e. The summed E-state index contributed by atoms with van der Waals surface area (Å²) in [6.07, 6.45) is 7.83. The molecule has 0 spiro atoms. The van der Waals surface area contributed by atoms with Crippen molar-refractivity contribution in [2.24, 2.45) is 0 Å². The van der Waals surface area contributed by atoms with E-state index in [-0.39, 0.29) is 0 Å². The second-order valence-corrected chi connectivity index (χ2v) is 5.02. The Labute approximate surface area is 118 Å². The van der Waals surface area contributed by atoms with E-state index >= 15 is 0 Å². The van der Waals surface area contributed by atoms with Crippen molar-refractivity contribution in [3.8, 4) is 0 Å². The Morgan fingerprint density at radius 3 is 2.85 bits per heavy atom. The van der Waals surface area contributed by atoms with Crippen molar-refractivity contribution < 1.29 is 0 Å². The SMILES string of the molecule is CCn1cncc1CN(C)Cc1cnc2ccccn12. The lowest BCUT2D eigenvalue weighted by molar-refractivity contribution is 0.305. The summed E-state index contributed by atoms with van der Waals surface area (Å²) in [6, 6.07) is 6.07. The summed E-state index contributed by atoms with van der Waals surface area (Å²) in [5.41, 5.74) is 3.43. The van der Waals surface area contributed by atoms with E-state index in [1.165, 1.54) is 11.4 Å². The lowest BCUT2D eigenvalue weighted by atomic mass is 10.3. The zero-order chi connectivity index (χ0) is 13.9. The fourth-order valence-corrected chi connectivity index (χ4v) is 2.48. The van der Waals surface area contributed by atoms with Crippen LogP contribution in [0.3, 0.4) is 0 Å². The predicted octanol–water partition coefficient (Wildman–Crippen LogP) is 2.18. The van der Waals surface area contributed by atoms with Crippen LogP contribution >= 0.6 is 0 Å². The molecular formula is C15H19N5. The Kier molecular flexibility index (Phi) is 3.52. The van der Waals surface area contributed by atoms with E-state index < -0.39 is 0 Å². The molecule has 0 atom stereocenters.